The van der Waals surface area contributed by atoms with Gasteiger partial charge in [-0.1, -0.05) is 32.9 Å². The number of halogens is 3. The SMILES string of the molecule is CC12CCC(C/C1=N\N=C1\S/C(=C\c3ccc(-c4cccc(C(F)(F)F)c4)o3)C(=O)N1c1ccc(O)cc1)C2(C)C. The van der Waals surface area contributed by atoms with Crippen LogP contribution >= 0.6 is 11.8 Å². The van der Waals surface area contributed by atoms with Crippen LogP contribution in [0.3, 0.4) is 0 Å². The number of hydrogen-bond acceptors (Lipinski definition) is 6. The minimum Gasteiger partial charge on any atom is -0.508 e. The normalized spacial score (nSPS) is 26.7. The van der Waals surface area contributed by atoms with E-state index in [2.05, 4.69) is 25.9 Å². The van der Waals surface area contributed by atoms with Gasteiger partial charge in [0.25, 0.3) is 5.91 Å². The van der Waals surface area contributed by atoms with Gasteiger partial charge in [0, 0.05) is 22.8 Å². The van der Waals surface area contributed by atoms with Crippen molar-refractivity contribution in [2.75, 3.05) is 4.90 Å². The molecule has 3 aliphatic rings. The van der Waals surface area contributed by atoms with E-state index in [1.54, 1.807) is 30.3 Å². The van der Waals surface area contributed by atoms with E-state index in [9.17, 15) is 23.1 Å². The molecule has 41 heavy (non-hydrogen) atoms. The minimum absolute atomic E-state index is 0.0506. The van der Waals surface area contributed by atoms with Crippen molar-refractivity contribution in [3.05, 3.63) is 76.9 Å². The van der Waals surface area contributed by atoms with Gasteiger partial charge in [0.15, 0.2) is 0 Å². The van der Waals surface area contributed by atoms with Gasteiger partial charge in [0.2, 0.25) is 5.17 Å². The number of carbonyl (C=O) groups is 1. The Balaban J connectivity index is 1.33. The quantitative estimate of drug-likeness (QED) is 0.249. The number of benzene rings is 2. The number of carbonyl (C=O) groups excluding carboxylic acids is 1. The number of thioether (sulfide) groups is 1. The average Bonchev–Trinajstić information content (AvgIpc) is 3.62. The van der Waals surface area contributed by atoms with Gasteiger partial charge in [-0.3, -0.25) is 9.69 Å². The summed E-state index contributed by atoms with van der Waals surface area (Å²) in [6, 6.07) is 14.3. The lowest BCUT2D eigenvalue weighted by atomic mass is 9.70. The molecular weight excluding hydrogens is 551 g/mol. The summed E-state index contributed by atoms with van der Waals surface area (Å²) in [4.78, 5) is 15.4. The van der Waals surface area contributed by atoms with Crippen molar-refractivity contribution < 1.29 is 27.5 Å². The lowest BCUT2D eigenvalue weighted by Crippen LogP contribution is -2.32. The van der Waals surface area contributed by atoms with Gasteiger partial charge in [-0.25, -0.2) is 0 Å². The summed E-state index contributed by atoms with van der Waals surface area (Å²) < 4.78 is 45.4. The summed E-state index contributed by atoms with van der Waals surface area (Å²) >= 11 is 1.14. The summed E-state index contributed by atoms with van der Waals surface area (Å²) in [5.74, 6) is 0.835. The van der Waals surface area contributed by atoms with Crippen LogP contribution in [-0.4, -0.2) is 21.9 Å². The van der Waals surface area contributed by atoms with Crippen molar-refractivity contribution in [1.29, 1.82) is 0 Å². The van der Waals surface area contributed by atoms with Gasteiger partial charge in [0.1, 0.15) is 17.3 Å². The molecule has 10 heteroatoms. The number of phenols is 1. The van der Waals surface area contributed by atoms with Crippen LogP contribution in [0.5, 0.6) is 5.75 Å². The molecule has 0 spiro atoms. The number of amides is 1. The highest BCUT2D eigenvalue weighted by atomic mass is 32.2. The molecule has 212 valence electrons. The molecule has 2 heterocycles. The van der Waals surface area contributed by atoms with Crippen LogP contribution in [0.1, 0.15) is 51.4 Å². The van der Waals surface area contributed by atoms with E-state index >= 15 is 0 Å². The fraction of sp³-hybridized carbons (Fsp3) is 0.323. The van der Waals surface area contributed by atoms with Gasteiger partial charge in [-0.2, -0.15) is 18.3 Å². The first-order valence-corrected chi connectivity index (χ1v) is 14.1. The van der Waals surface area contributed by atoms with Gasteiger partial charge in [-0.15, -0.1) is 5.10 Å². The highest BCUT2D eigenvalue weighted by Gasteiger charge is 2.60. The zero-order valence-corrected chi connectivity index (χ0v) is 23.5. The largest absolute Gasteiger partial charge is 0.508 e. The highest BCUT2D eigenvalue weighted by Crippen LogP contribution is 2.64. The highest BCUT2D eigenvalue weighted by molar-refractivity contribution is 8.19. The summed E-state index contributed by atoms with van der Waals surface area (Å²) in [6.07, 6.45) is 0.188. The second-order valence-corrected chi connectivity index (χ2v) is 12.5. The Hall–Kier alpha value is -3.79. The number of hydrogen-bond donors (Lipinski definition) is 1. The van der Waals surface area contributed by atoms with Gasteiger partial charge < -0.3 is 9.52 Å². The van der Waals surface area contributed by atoms with Crippen molar-refractivity contribution in [2.45, 2.75) is 46.2 Å². The van der Waals surface area contributed by atoms with Crippen LogP contribution in [0.25, 0.3) is 17.4 Å². The first-order chi connectivity index (χ1) is 19.4. The predicted octanol–water partition coefficient (Wildman–Crippen LogP) is 8.35. The number of phenolic OH excluding ortho intramolecular Hbond substituents is 1. The predicted molar refractivity (Wildman–Crippen MR) is 154 cm³/mol. The molecule has 2 aliphatic carbocycles. The number of amidine groups is 1. The van der Waals surface area contributed by atoms with Gasteiger partial charge in [-0.05, 0) is 90.9 Å². The molecule has 0 radical (unpaired) electrons. The van der Waals surface area contributed by atoms with Crippen LogP contribution < -0.4 is 4.90 Å². The number of anilines is 1. The molecule has 2 saturated carbocycles. The van der Waals surface area contributed by atoms with E-state index < -0.39 is 11.7 Å². The third-order valence-corrected chi connectivity index (χ3v) is 10.0. The molecule has 1 amide bonds. The molecular formula is C31H28F3N3O3S. The molecule has 2 aromatic carbocycles. The summed E-state index contributed by atoms with van der Waals surface area (Å²) in [5, 5.41) is 19.4. The zero-order valence-electron chi connectivity index (χ0n) is 22.7. The summed E-state index contributed by atoms with van der Waals surface area (Å²) in [5.41, 5.74) is 1.15. The Morgan fingerprint density at radius 1 is 1.07 bits per heavy atom. The summed E-state index contributed by atoms with van der Waals surface area (Å²) in [6.45, 7) is 6.82. The van der Waals surface area contributed by atoms with Gasteiger partial charge in [0.05, 0.1) is 16.2 Å². The zero-order chi connectivity index (χ0) is 29.2. The second-order valence-electron chi connectivity index (χ2n) is 11.5. The van der Waals surface area contributed by atoms with Crippen molar-refractivity contribution in [1.82, 2.24) is 0 Å². The number of rotatable bonds is 4. The Kier molecular flexibility index (Phi) is 6.44. The van der Waals surface area contributed by atoms with Crippen LogP contribution in [-0.2, 0) is 11.0 Å². The molecule has 2 unspecified atom stereocenters. The lowest BCUT2D eigenvalue weighted by Gasteiger charge is -2.34. The monoisotopic (exact) mass is 579 g/mol. The fourth-order valence-electron chi connectivity index (χ4n) is 6.12. The first-order valence-electron chi connectivity index (χ1n) is 13.3. The van der Waals surface area contributed by atoms with E-state index in [0.717, 1.165) is 42.4 Å². The Bertz CT molecular complexity index is 1620. The summed E-state index contributed by atoms with van der Waals surface area (Å²) in [7, 11) is 0. The molecule has 6 nitrogen and oxygen atoms in total. The molecule has 1 saturated heterocycles. The lowest BCUT2D eigenvalue weighted by molar-refractivity contribution is -0.137. The average molecular weight is 580 g/mol. The Morgan fingerprint density at radius 2 is 1.83 bits per heavy atom. The number of aromatic hydroxyl groups is 1. The van der Waals surface area contributed by atoms with Crippen molar-refractivity contribution in [3.63, 3.8) is 0 Å². The topological polar surface area (TPSA) is 78.4 Å². The van der Waals surface area contributed by atoms with E-state index in [1.165, 1.54) is 35.6 Å². The first kappa shape index (κ1) is 27.4. The van der Waals surface area contributed by atoms with Crippen LogP contribution in [0.2, 0.25) is 0 Å². The molecule has 2 bridgehead atoms. The standard InChI is InChI=1S/C31H28F3N3O3S/c1-29(2)19-13-14-30(29,3)26(16-19)35-36-28-37(21-7-9-22(38)10-8-21)27(39)25(41-28)17-23-11-12-24(40-23)18-5-4-6-20(15-18)31(32,33)34/h4-12,15,17,19,38H,13-14,16H2,1-3H3/b25-17-,35-26+,36-28+. The van der Waals surface area contributed by atoms with Gasteiger partial charge >= 0.3 is 6.18 Å². The number of furan rings is 1. The minimum atomic E-state index is -4.47. The third kappa shape index (κ3) is 4.67. The van der Waals surface area contributed by atoms with E-state index in [-0.39, 0.29) is 33.8 Å². The van der Waals surface area contributed by atoms with Crippen molar-refractivity contribution in [2.24, 2.45) is 27.0 Å². The molecule has 1 aromatic heterocycles. The number of nitrogens with zero attached hydrogens (tertiary/aromatic N) is 3. The van der Waals surface area contributed by atoms with E-state index in [4.69, 9.17) is 9.52 Å². The van der Waals surface area contributed by atoms with Crippen molar-refractivity contribution in [3.8, 4) is 17.1 Å². The Morgan fingerprint density at radius 3 is 2.49 bits per heavy atom. The van der Waals surface area contributed by atoms with Crippen LogP contribution in [0.15, 0.2) is 80.2 Å². The maximum absolute atomic E-state index is 13.6. The Labute approximate surface area is 239 Å². The maximum Gasteiger partial charge on any atom is 0.416 e. The van der Waals surface area contributed by atoms with Crippen LogP contribution in [0.4, 0.5) is 18.9 Å². The second kappa shape index (κ2) is 9.65. The third-order valence-electron chi connectivity index (χ3n) is 9.06. The van der Waals surface area contributed by atoms with E-state index in [0.29, 0.717) is 27.4 Å². The maximum atomic E-state index is 13.6. The molecule has 1 aliphatic heterocycles. The number of fused-ring (bicyclic) bond motifs is 2. The fourth-order valence-corrected chi connectivity index (χ4v) is 7.03. The molecule has 1 N–H and O–H groups in total. The van der Waals surface area contributed by atoms with Crippen molar-refractivity contribution >= 4 is 40.3 Å². The molecule has 2 atom stereocenters. The molecule has 6 rings (SSSR count). The van der Waals surface area contributed by atoms with Crippen LogP contribution in [0, 0.1) is 16.7 Å². The van der Waals surface area contributed by atoms with E-state index in [1.807, 2.05) is 0 Å². The smallest absolute Gasteiger partial charge is 0.416 e. The molecule has 3 fully saturated rings. The molecule has 3 aromatic rings. The number of alkyl halides is 3.